The minimum atomic E-state index is -5.01. The van der Waals surface area contributed by atoms with Gasteiger partial charge in [-0.1, -0.05) is 19.3 Å². The summed E-state index contributed by atoms with van der Waals surface area (Å²) < 4.78 is 42.7. The van der Waals surface area contributed by atoms with Crippen LogP contribution in [0.2, 0.25) is 0 Å². The average molecular weight is 232 g/mol. The number of nitrogens with zero attached hydrogens (tertiary/aromatic N) is 1. The molecule has 0 saturated carbocycles. The first kappa shape index (κ1) is 12.9. The Hall–Kier alpha value is -1.20. The van der Waals surface area contributed by atoms with Crippen molar-refractivity contribution in [3.63, 3.8) is 0 Å². The number of hydrogen-bond acceptors (Lipinski definition) is 2. The second-order valence-corrected chi connectivity index (χ2v) is 3.59. The molecule has 0 radical (unpaired) electrons. The Morgan fingerprint density at radius 1 is 1.25 bits per heavy atom. The van der Waals surface area contributed by atoms with Gasteiger partial charge in [0.2, 0.25) is 0 Å². The lowest BCUT2D eigenvalue weighted by molar-refractivity contribution is 0.192. The van der Waals surface area contributed by atoms with Gasteiger partial charge in [-0.2, -0.15) is 0 Å². The molecule has 16 heavy (non-hydrogen) atoms. The first-order valence-corrected chi connectivity index (χ1v) is 5.28. The summed E-state index contributed by atoms with van der Waals surface area (Å²) in [5.41, 5.74) is -0.719. The van der Waals surface area contributed by atoms with E-state index in [9.17, 15) is 12.9 Å². The molecule has 6 heteroatoms. The van der Waals surface area contributed by atoms with E-state index in [0.29, 0.717) is 0 Å². The van der Waals surface area contributed by atoms with E-state index >= 15 is 0 Å². The Bertz CT molecular complexity index is 339. The van der Waals surface area contributed by atoms with Gasteiger partial charge in [-0.05, 0) is 18.9 Å². The Balaban J connectivity index is 2.82. The van der Waals surface area contributed by atoms with Crippen molar-refractivity contribution < 1.29 is 17.7 Å². The molecule has 0 bridgehead atoms. The number of hydrogen-bond donors (Lipinski definition) is 0. The summed E-state index contributed by atoms with van der Waals surface area (Å²) in [6, 6.07) is 1.01. The Morgan fingerprint density at radius 3 is 2.38 bits per heavy atom. The molecule has 0 unspecified atom stereocenters. The predicted molar refractivity (Wildman–Crippen MR) is 57.9 cm³/mol. The summed E-state index contributed by atoms with van der Waals surface area (Å²) in [7, 11) is 0. The van der Waals surface area contributed by atoms with E-state index in [4.69, 9.17) is 4.74 Å². The fourth-order valence-corrected chi connectivity index (χ4v) is 1.33. The third kappa shape index (κ3) is 3.43. The highest BCUT2D eigenvalue weighted by Crippen LogP contribution is 2.15. The molecule has 0 aliphatic heterocycles. The summed E-state index contributed by atoms with van der Waals surface area (Å²) >= 11 is 0. The van der Waals surface area contributed by atoms with Gasteiger partial charge >= 0.3 is 6.98 Å². The first-order valence-electron chi connectivity index (χ1n) is 5.28. The van der Waals surface area contributed by atoms with Gasteiger partial charge in [0.15, 0.2) is 0 Å². The molecule has 0 atom stereocenters. The first-order chi connectivity index (χ1) is 7.47. The SMILES string of the molecule is CCC(CC)Oc1cncc([B-](F)(F)F)c1. The van der Waals surface area contributed by atoms with E-state index in [1.165, 1.54) is 6.20 Å². The van der Waals surface area contributed by atoms with E-state index in [1.807, 2.05) is 13.8 Å². The molecule has 0 N–H and O–H groups in total. The summed E-state index contributed by atoms with van der Waals surface area (Å²) in [5.74, 6) is 0.186. The van der Waals surface area contributed by atoms with Gasteiger partial charge in [0.1, 0.15) is 5.75 Å². The van der Waals surface area contributed by atoms with Gasteiger partial charge in [0.05, 0.1) is 12.3 Å². The van der Waals surface area contributed by atoms with Crippen molar-refractivity contribution in [2.24, 2.45) is 0 Å². The second kappa shape index (κ2) is 5.23. The van der Waals surface area contributed by atoms with E-state index in [2.05, 4.69) is 4.98 Å². The fourth-order valence-electron chi connectivity index (χ4n) is 1.33. The van der Waals surface area contributed by atoms with Crippen LogP contribution in [0.1, 0.15) is 26.7 Å². The van der Waals surface area contributed by atoms with Gasteiger partial charge < -0.3 is 17.7 Å². The number of rotatable bonds is 5. The van der Waals surface area contributed by atoms with Crippen LogP contribution in [0.4, 0.5) is 12.9 Å². The minimum Gasteiger partial charge on any atom is -0.489 e. The molecule has 0 aliphatic rings. The van der Waals surface area contributed by atoms with Gasteiger partial charge in [-0.25, -0.2) is 0 Å². The highest BCUT2D eigenvalue weighted by molar-refractivity contribution is 6.73. The Morgan fingerprint density at radius 2 is 1.88 bits per heavy atom. The van der Waals surface area contributed by atoms with Crippen LogP contribution in [0, 0.1) is 0 Å². The maximum absolute atomic E-state index is 12.4. The molecule has 90 valence electrons. The molecule has 2 nitrogen and oxygen atoms in total. The molecule has 1 aromatic heterocycles. The van der Waals surface area contributed by atoms with Crippen molar-refractivity contribution in [3.8, 4) is 5.75 Å². The van der Waals surface area contributed by atoms with Gasteiger partial charge in [0.25, 0.3) is 0 Å². The van der Waals surface area contributed by atoms with E-state index in [1.54, 1.807) is 0 Å². The van der Waals surface area contributed by atoms with Crippen LogP contribution in [-0.2, 0) is 0 Å². The van der Waals surface area contributed by atoms with Crippen molar-refractivity contribution >= 4 is 12.4 Å². The zero-order chi connectivity index (χ0) is 12.2. The van der Waals surface area contributed by atoms with E-state index < -0.39 is 12.4 Å². The molecular formula is C10H14BF3NO-. The van der Waals surface area contributed by atoms with Gasteiger partial charge in [0, 0.05) is 6.20 Å². The van der Waals surface area contributed by atoms with Crippen LogP contribution < -0.4 is 10.2 Å². The summed E-state index contributed by atoms with van der Waals surface area (Å²) in [6.07, 6.45) is 3.59. The Kier molecular flexibility index (Phi) is 4.21. The van der Waals surface area contributed by atoms with E-state index in [-0.39, 0.29) is 11.9 Å². The van der Waals surface area contributed by atoms with Crippen molar-refractivity contribution in [1.29, 1.82) is 0 Å². The van der Waals surface area contributed by atoms with Crippen molar-refractivity contribution in [1.82, 2.24) is 4.98 Å². The summed E-state index contributed by atoms with van der Waals surface area (Å²) in [4.78, 5) is 3.54. The second-order valence-electron chi connectivity index (χ2n) is 3.59. The number of halogens is 3. The van der Waals surface area contributed by atoms with Crippen LogP contribution >= 0.6 is 0 Å². The van der Waals surface area contributed by atoms with Crippen LogP contribution in [0.3, 0.4) is 0 Å². The lowest BCUT2D eigenvalue weighted by Gasteiger charge is -2.18. The lowest BCUT2D eigenvalue weighted by Crippen LogP contribution is -2.34. The Labute approximate surface area is 92.9 Å². The van der Waals surface area contributed by atoms with Crippen molar-refractivity contribution in [2.75, 3.05) is 0 Å². The molecule has 0 amide bonds. The monoisotopic (exact) mass is 232 g/mol. The van der Waals surface area contributed by atoms with Crippen LogP contribution in [0.25, 0.3) is 0 Å². The number of aromatic nitrogens is 1. The fraction of sp³-hybridized carbons (Fsp3) is 0.500. The maximum Gasteiger partial charge on any atom is 0.511 e. The van der Waals surface area contributed by atoms with Crippen LogP contribution in [0.15, 0.2) is 18.5 Å². The third-order valence-electron chi connectivity index (χ3n) is 2.33. The number of ether oxygens (including phenoxy) is 1. The normalized spacial score (nSPS) is 11.9. The minimum absolute atomic E-state index is 0.0576. The molecule has 0 saturated heterocycles. The molecule has 0 fully saturated rings. The molecule has 0 aromatic carbocycles. The van der Waals surface area contributed by atoms with Gasteiger partial charge in [-0.15, -0.1) is 0 Å². The van der Waals surface area contributed by atoms with Crippen molar-refractivity contribution in [3.05, 3.63) is 18.5 Å². The summed E-state index contributed by atoms with van der Waals surface area (Å²) in [6.45, 7) is -1.15. The standard InChI is InChI=1S/C10H14BF3NO/c1-3-9(4-2)16-10-5-8(6-15-7-10)11(12,13)14/h5-7,9H,3-4H2,1-2H3/q-1. The quantitative estimate of drug-likeness (QED) is 0.728. The zero-order valence-electron chi connectivity index (χ0n) is 9.29. The third-order valence-corrected chi connectivity index (χ3v) is 2.33. The largest absolute Gasteiger partial charge is 0.511 e. The average Bonchev–Trinajstić information content (AvgIpc) is 2.25. The molecule has 1 aromatic rings. The van der Waals surface area contributed by atoms with Crippen LogP contribution in [-0.4, -0.2) is 18.1 Å². The topological polar surface area (TPSA) is 22.1 Å². The summed E-state index contributed by atoms with van der Waals surface area (Å²) in [5, 5.41) is 0. The predicted octanol–water partition coefficient (Wildman–Crippen LogP) is 2.70. The van der Waals surface area contributed by atoms with Gasteiger partial charge in [-0.3, -0.25) is 4.98 Å². The highest BCUT2D eigenvalue weighted by atomic mass is 19.4. The van der Waals surface area contributed by atoms with E-state index in [0.717, 1.165) is 25.1 Å². The molecule has 0 spiro atoms. The highest BCUT2D eigenvalue weighted by Gasteiger charge is 2.26. The molecular weight excluding hydrogens is 218 g/mol. The molecule has 1 rings (SSSR count). The number of pyridine rings is 1. The van der Waals surface area contributed by atoms with Crippen molar-refractivity contribution in [2.45, 2.75) is 32.8 Å². The van der Waals surface area contributed by atoms with Crippen LogP contribution in [0.5, 0.6) is 5.75 Å². The smallest absolute Gasteiger partial charge is 0.489 e. The lowest BCUT2D eigenvalue weighted by atomic mass is 9.81. The molecule has 0 aliphatic carbocycles. The zero-order valence-corrected chi connectivity index (χ0v) is 9.29. The maximum atomic E-state index is 12.4. The molecule has 1 heterocycles.